The normalized spacial score (nSPS) is 20.1. The van der Waals surface area contributed by atoms with E-state index in [1.807, 2.05) is 23.1 Å². The molecule has 1 saturated heterocycles. The summed E-state index contributed by atoms with van der Waals surface area (Å²) in [5.74, 6) is 0.560. The molecule has 28 heavy (non-hydrogen) atoms. The van der Waals surface area contributed by atoms with E-state index in [-0.39, 0.29) is 18.2 Å². The van der Waals surface area contributed by atoms with Gasteiger partial charge in [0.25, 0.3) is 0 Å². The number of ether oxygens (including phenoxy) is 1. The molecular weight excluding hydrogens is 382 g/mol. The number of halogens is 1. The molecule has 4 rings (SSSR count). The second-order valence-electron chi connectivity index (χ2n) is 7.03. The minimum Gasteiger partial charge on any atom is -0.491 e. The zero-order valence-corrected chi connectivity index (χ0v) is 16.2. The Balaban J connectivity index is 1.46. The first-order valence-corrected chi connectivity index (χ1v) is 9.70. The van der Waals surface area contributed by atoms with E-state index >= 15 is 0 Å². The first-order valence-electron chi connectivity index (χ1n) is 9.32. The monoisotopic (exact) mass is 403 g/mol. The van der Waals surface area contributed by atoms with E-state index in [1.165, 1.54) is 0 Å². The molecule has 3 heterocycles. The summed E-state index contributed by atoms with van der Waals surface area (Å²) in [6.45, 7) is 3.15. The quantitative estimate of drug-likeness (QED) is 0.845. The van der Waals surface area contributed by atoms with Crippen LogP contribution < -0.4 is 10.1 Å². The molecule has 0 bridgehead atoms. The van der Waals surface area contributed by atoms with Crippen LogP contribution in [0.2, 0.25) is 5.02 Å². The van der Waals surface area contributed by atoms with Gasteiger partial charge in [0.1, 0.15) is 12.4 Å². The lowest BCUT2D eigenvalue weighted by atomic mass is 10.1. The molecule has 1 aromatic heterocycles. The molecule has 8 heteroatoms. The average molecular weight is 404 g/mol. The van der Waals surface area contributed by atoms with Gasteiger partial charge in [-0.1, -0.05) is 11.6 Å². The van der Waals surface area contributed by atoms with Crippen LogP contribution in [-0.2, 0) is 22.7 Å². The first-order chi connectivity index (χ1) is 13.6. The van der Waals surface area contributed by atoms with Gasteiger partial charge in [-0.25, -0.2) is 0 Å². The summed E-state index contributed by atoms with van der Waals surface area (Å²) in [7, 11) is 0. The number of carbonyl (C=O) groups is 2. The molecule has 148 valence electrons. The van der Waals surface area contributed by atoms with E-state index in [9.17, 15) is 9.59 Å². The molecule has 2 aromatic rings. The van der Waals surface area contributed by atoms with Crippen molar-refractivity contribution >= 4 is 23.4 Å². The Morgan fingerprint density at radius 2 is 2.18 bits per heavy atom. The Bertz CT molecular complexity index is 855. The number of fused-ring (bicyclic) bond motifs is 1. The number of hydrogen-bond acceptors (Lipinski definition) is 5. The summed E-state index contributed by atoms with van der Waals surface area (Å²) in [4.78, 5) is 29.3. The molecule has 0 spiro atoms. The molecule has 0 unspecified atom stereocenters. The molecular formula is C20H22ClN3O4. The van der Waals surface area contributed by atoms with Crippen molar-refractivity contribution in [3.63, 3.8) is 0 Å². The molecule has 0 saturated carbocycles. The van der Waals surface area contributed by atoms with Gasteiger partial charge in [0.2, 0.25) is 11.8 Å². The molecule has 1 aromatic carbocycles. The maximum absolute atomic E-state index is 13.0. The average Bonchev–Trinajstić information content (AvgIpc) is 3.09. The van der Waals surface area contributed by atoms with Crippen LogP contribution in [0.25, 0.3) is 0 Å². The second-order valence-corrected chi connectivity index (χ2v) is 7.47. The molecule has 1 atom stereocenters. The fraction of sp³-hybridized carbons (Fsp3) is 0.400. The predicted molar refractivity (Wildman–Crippen MR) is 103 cm³/mol. The van der Waals surface area contributed by atoms with Gasteiger partial charge in [-0.05, 0) is 24.3 Å². The van der Waals surface area contributed by atoms with Gasteiger partial charge < -0.3 is 19.4 Å². The summed E-state index contributed by atoms with van der Waals surface area (Å²) in [5.41, 5.74) is 1.86. The van der Waals surface area contributed by atoms with Gasteiger partial charge >= 0.3 is 0 Å². The zero-order chi connectivity index (χ0) is 19.5. The largest absolute Gasteiger partial charge is 0.491 e. The lowest BCUT2D eigenvalue weighted by Gasteiger charge is -2.35. The van der Waals surface area contributed by atoms with Gasteiger partial charge in [-0.15, -0.1) is 0 Å². The van der Waals surface area contributed by atoms with E-state index in [1.54, 1.807) is 23.5 Å². The van der Waals surface area contributed by atoms with Crippen LogP contribution in [0, 0.1) is 0 Å². The highest BCUT2D eigenvalue weighted by Gasteiger charge is 2.33. The number of furan rings is 1. The molecule has 2 aliphatic rings. The molecule has 1 fully saturated rings. The summed E-state index contributed by atoms with van der Waals surface area (Å²) < 4.78 is 10.9. The van der Waals surface area contributed by atoms with E-state index in [2.05, 4.69) is 5.32 Å². The molecule has 2 aliphatic heterocycles. The third kappa shape index (κ3) is 4.15. The van der Waals surface area contributed by atoms with Gasteiger partial charge in [-0.3, -0.25) is 14.5 Å². The van der Waals surface area contributed by atoms with Crippen molar-refractivity contribution in [1.29, 1.82) is 0 Å². The second kappa shape index (κ2) is 8.24. The number of nitrogens with one attached hydrogen (secondary N) is 1. The molecule has 2 amide bonds. The van der Waals surface area contributed by atoms with Crippen LogP contribution in [0.5, 0.6) is 5.75 Å². The topological polar surface area (TPSA) is 75.0 Å². The van der Waals surface area contributed by atoms with Gasteiger partial charge in [0.05, 0.1) is 31.5 Å². The number of hydrogen-bond donors (Lipinski definition) is 1. The molecule has 0 aliphatic carbocycles. The zero-order valence-electron chi connectivity index (χ0n) is 15.4. The Morgan fingerprint density at radius 1 is 1.29 bits per heavy atom. The Kier molecular flexibility index (Phi) is 5.54. The molecule has 0 radical (unpaired) electrons. The Morgan fingerprint density at radius 3 is 3.00 bits per heavy atom. The highest BCUT2D eigenvalue weighted by Crippen LogP contribution is 2.27. The van der Waals surface area contributed by atoms with Crippen LogP contribution in [0.15, 0.2) is 41.2 Å². The summed E-state index contributed by atoms with van der Waals surface area (Å²) in [6, 6.07) is 6.79. The van der Waals surface area contributed by atoms with Crippen molar-refractivity contribution < 1.29 is 18.7 Å². The van der Waals surface area contributed by atoms with Crippen molar-refractivity contribution in [2.45, 2.75) is 25.6 Å². The fourth-order valence-electron chi connectivity index (χ4n) is 3.66. The van der Waals surface area contributed by atoms with Crippen LogP contribution in [0.3, 0.4) is 0 Å². The van der Waals surface area contributed by atoms with E-state index in [0.717, 1.165) is 16.9 Å². The van der Waals surface area contributed by atoms with E-state index in [0.29, 0.717) is 44.4 Å². The summed E-state index contributed by atoms with van der Waals surface area (Å²) in [5, 5.41) is 3.47. The number of carbonyl (C=O) groups excluding carboxylic acids is 2. The third-order valence-corrected chi connectivity index (χ3v) is 5.37. The van der Waals surface area contributed by atoms with Gasteiger partial charge in [0, 0.05) is 42.3 Å². The van der Waals surface area contributed by atoms with Crippen molar-refractivity contribution in [3.05, 3.63) is 52.9 Å². The van der Waals surface area contributed by atoms with Crippen molar-refractivity contribution in [1.82, 2.24) is 15.1 Å². The van der Waals surface area contributed by atoms with Crippen molar-refractivity contribution in [3.8, 4) is 5.75 Å². The highest BCUT2D eigenvalue weighted by molar-refractivity contribution is 6.30. The van der Waals surface area contributed by atoms with Gasteiger partial charge in [-0.2, -0.15) is 0 Å². The minimum atomic E-state index is -0.501. The van der Waals surface area contributed by atoms with Crippen molar-refractivity contribution in [2.24, 2.45) is 0 Å². The standard InChI is InChI=1S/C20H22ClN3O4/c21-16-1-2-18-15(9-16)12-24(6-8-28-18)19(25)10-17-20(26)22-4-5-23(17)11-14-3-7-27-13-14/h1-3,7,9,13,17H,4-6,8,10-12H2,(H,22,26)/t17-/m1/s1. The molecule has 7 nitrogen and oxygen atoms in total. The maximum Gasteiger partial charge on any atom is 0.237 e. The lowest BCUT2D eigenvalue weighted by Crippen LogP contribution is -2.56. The van der Waals surface area contributed by atoms with Crippen LogP contribution in [0.4, 0.5) is 0 Å². The third-order valence-electron chi connectivity index (χ3n) is 5.13. The smallest absolute Gasteiger partial charge is 0.237 e. The predicted octanol–water partition coefficient (Wildman–Crippen LogP) is 2.04. The van der Waals surface area contributed by atoms with Gasteiger partial charge in [0.15, 0.2) is 0 Å². The first kappa shape index (κ1) is 18.8. The number of rotatable bonds is 4. The number of nitrogens with zero attached hydrogens (tertiary/aromatic N) is 2. The maximum atomic E-state index is 13.0. The summed E-state index contributed by atoms with van der Waals surface area (Å²) >= 11 is 6.09. The number of amides is 2. The lowest BCUT2D eigenvalue weighted by molar-refractivity contribution is -0.139. The van der Waals surface area contributed by atoms with Crippen LogP contribution >= 0.6 is 11.6 Å². The Hall–Kier alpha value is -2.51. The minimum absolute atomic E-state index is 0.0735. The SMILES string of the molecule is O=C1NCCN(Cc2ccoc2)[C@@H]1CC(=O)N1CCOc2ccc(Cl)cc2C1. The number of benzene rings is 1. The highest BCUT2D eigenvalue weighted by atomic mass is 35.5. The molecule has 1 N–H and O–H groups in total. The Labute approximate surface area is 168 Å². The van der Waals surface area contributed by atoms with Crippen LogP contribution in [-0.4, -0.2) is 53.9 Å². The van der Waals surface area contributed by atoms with Crippen molar-refractivity contribution in [2.75, 3.05) is 26.2 Å². The van der Waals surface area contributed by atoms with Crippen LogP contribution in [0.1, 0.15) is 17.5 Å². The summed E-state index contributed by atoms with van der Waals surface area (Å²) in [6.07, 6.45) is 3.40. The van der Waals surface area contributed by atoms with E-state index < -0.39 is 6.04 Å². The fourth-order valence-corrected chi connectivity index (χ4v) is 3.86. The number of piperazine rings is 1. The van der Waals surface area contributed by atoms with E-state index in [4.69, 9.17) is 20.8 Å².